The monoisotopic (exact) mass is 433 g/mol. The van der Waals surface area contributed by atoms with Crippen LogP contribution in [0.4, 0.5) is 0 Å². The van der Waals surface area contributed by atoms with Gasteiger partial charge in [0.05, 0.1) is 5.52 Å². The molecule has 2 aromatic rings. The van der Waals surface area contributed by atoms with E-state index in [1.807, 2.05) is 28.9 Å². The Morgan fingerprint density at radius 3 is 2.66 bits per heavy atom. The smallest absolute Gasteiger partial charge is 0.157 e. The number of aromatic nitrogens is 3. The number of para-hydroxylation sites is 1. The molecule has 8 atom stereocenters. The maximum atomic E-state index is 13.6. The third-order valence-electron chi connectivity index (χ3n) is 11.0. The van der Waals surface area contributed by atoms with Gasteiger partial charge in [-0.1, -0.05) is 44.5 Å². The highest BCUT2D eigenvalue weighted by Crippen LogP contribution is 2.67. The van der Waals surface area contributed by atoms with Crippen LogP contribution in [0.5, 0.6) is 0 Å². The van der Waals surface area contributed by atoms with Crippen LogP contribution >= 0.6 is 0 Å². The predicted molar refractivity (Wildman–Crippen MR) is 127 cm³/mol. The summed E-state index contributed by atoms with van der Waals surface area (Å²) in [5.41, 5.74) is 2.59. The number of benzene rings is 1. The summed E-state index contributed by atoms with van der Waals surface area (Å²) in [5, 5.41) is 8.57. The first kappa shape index (κ1) is 20.9. The normalized spacial score (nSPS) is 43.5. The zero-order chi connectivity index (χ0) is 22.1. The van der Waals surface area contributed by atoms with Crippen LogP contribution in [0.25, 0.3) is 11.0 Å². The maximum absolute atomic E-state index is 13.6. The van der Waals surface area contributed by atoms with E-state index >= 15 is 0 Å². The average Bonchev–Trinajstić information content (AvgIpc) is 3.35. The molecule has 4 aliphatic rings. The van der Waals surface area contributed by atoms with Crippen LogP contribution in [0.2, 0.25) is 0 Å². The van der Waals surface area contributed by atoms with Gasteiger partial charge in [-0.2, -0.15) is 0 Å². The van der Waals surface area contributed by atoms with Gasteiger partial charge in [-0.3, -0.25) is 4.79 Å². The summed E-state index contributed by atoms with van der Waals surface area (Å²) in [6, 6.07) is 7.98. The lowest BCUT2D eigenvalue weighted by Gasteiger charge is -2.61. The van der Waals surface area contributed by atoms with Gasteiger partial charge in [-0.25, -0.2) is 4.68 Å². The van der Waals surface area contributed by atoms with Crippen molar-refractivity contribution >= 4 is 16.8 Å². The number of carbonyl (C=O) groups is 1. The molecule has 4 heteroatoms. The molecule has 0 aliphatic heterocycles. The highest BCUT2D eigenvalue weighted by atomic mass is 16.1. The Balaban J connectivity index is 1.22. The van der Waals surface area contributed by atoms with E-state index < -0.39 is 0 Å². The van der Waals surface area contributed by atoms with E-state index in [1.54, 1.807) is 0 Å². The van der Waals surface area contributed by atoms with Crippen molar-refractivity contribution in [1.29, 1.82) is 0 Å². The SMILES string of the molecule is C[C@H]1CC[C@@]2(C)[C@@H](CC[C@@H]3[C@@H]2CC[C@]2(C)[C@@H](C(=O)Cn4nnc5ccccc54)CC[C@@H]32)C1. The van der Waals surface area contributed by atoms with E-state index in [4.69, 9.17) is 0 Å². The molecule has 1 aromatic carbocycles. The van der Waals surface area contributed by atoms with Crippen molar-refractivity contribution in [3.63, 3.8) is 0 Å². The summed E-state index contributed by atoms with van der Waals surface area (Å²) >= 11 is 0. The molecule has 0 N–H and O–H groups in total. The molecule has 4 fully saturated rings. The molecule has 172 valence electrons. The molecule has 0 spiro atoms. The average molecular weight is 434 g/mol. The van der Waals surface area contributed by atoms with Crippen molar-refractivity contribution in [2.75, 3.05) is 0 Å². The highest BCUT2D eigenvalue weighted by Gasteiger charge is 2.60. The minimum absolute atomic E-state index is 0.180. The topological polar surface area (TPSA) is 47.8 Å². The minimum Gasteiger partial charge on any atom is -0.297 e. The molecule has 6 rings (SSSR count). The Morgan fingerprint density at radius 1 is 1.00 bits per heavy atom. The molecule has 0 bridgehead atoms. The fourth-order valence-electron chi connectivity index (χ4n) is 9.29. The van der Waals surface area contributed by atoms with Crippen molar-refractivity contribution in [3.8, 4) is 0 Å². The Morgan fingerprint density at radius 2 is 1.78 bits per heavy atom. The number of carbonyl (C=O) groups excluding carboxylic acids is 1. The Labute approximate surface area is 192 Å². The largest absolute Gasteiger partial charge is 0.297 e. The number of rotatable bonds is 3. The second kappa shape index (κ2) is 7.40. The van der Waals surface area contributed by atoms with Crippen LogP contribution < -0.4 is 0 Å². The molecule has 32 heavy (non-hydrogen) atoms. The second-order valence-corrected chi connectivity index (χ2v) is 12.4. The number of fused-ring (bicyclic) bond motifs is 6. The van der Waals surface area contributed by atoms with Gasteiger partial charge in [-0.05, 0) is 104 Å². The number of ketones is 1. The van der Waals surface area contributed by atoms with Crippen LogP contribution in [0.3, 0.4) is 0 Å². The molecular weight excluding hydrogens is 394 g/mol. The lowest BCUT2D eigenvalue weighted by Crippen LogP contribution is -2.53. The summed E-state index contributed by atoms with van der Waals surface area (Å²) in [6.45, 7) is 7.96. The molecule has 0 amide bonds. The van der Waals surface area contributed by atoms with E-state index in [-0.39, 0.29) is 11.3 Å². The summed E-state index contributed by atoms with van der Waals surface area (Å²) in [4.78, 5) is 13.6. The van der Waals surface area contributed by atoms with E-state index in [0.717, 1.165) is 47.0 Å². The first-order chi connectivity index (χ1) is 15.4. The van der Waals surface area contributed by atoms with Gasteiger partial charge in [-0.15, -0.1) is 5.10 Å². The zero-order valence-corrected chi connectivity index (χ0v) is 20.1. The third kappa shape index (κ3) is 2.97. The van der Waals surface area contributed by atoms with Crippen LogP contribution in [0.1, 0.15) is 78.6 Å². The van der Waals surface area contributed by atoms with E-state index in [9.17, 15) is 4.79 Å². The van der Waals surface area contributed by atoms with Crippen molar-refractivity contribution in [1.82, 2.24) is 15.0 Å². The standard InChI is InChI=1S/C28H39N3O/c1-18-12-14-27(2)19(16-18)8-9-20-21-10-11-23(28(21,3)15-13-22(20)27)26(32)17-31-25-7-5-4-6-24(25)29-30-31/h4-7,18-23H,8-17H2,1-3H3/t18-,19-,20-,21-,22-,23+,27-,28-/m0/s1. The second-order valence-electron chi connectivity index (χ2n) is 12.4. The summed E-state index contributed by atoms with van der Waals surface area (Å²) in [6.07, 6.45) is 12.1. The number of hydrogen-bond donors (Lipinski definition) is 0. The van der Waals surface area contributed by atoms with E-state index in [1.165, 1.54) is 51.4 Å². The lowest BCUT2D eigenvalue weighted by atomic mass is 9.44. The van der Waals surface area contributed by atoms with Gasteiger partial charge in [0.15, 0.2) is 5.78 Å². The first-order valence-corrected chi connectivity index (χ1v) is 13.2. The third-order valence-corrected chi connectivity index (χ3v) is 11.0. The highest BCUT2D eigenvalue weighted by molar-refractivity contribution is 5.84. The maximum Gasteiger partial charge on any atom is 0.157 e. The molecule has 4 aliphatic carbocycles. The van der Waals surface area contributed by atoms with Crippen molar-refractivity contribution in [2.45, 2.75) is 85.1 Å². The quantitative estimate of drug-likeness (QED) is 0.571. The molecular formula is C28H39N3O. The summed E-state index contributed by atoms with van der Waals surface area (Å²) < 4.78 is 1.83. The predicted octanol–water partition coefficient (Wildman–Crippen LogP) is 6.30. The molecule has 4 nitrogen and oxygen atoms in total. The van der Waals surface area contributed by atoms with Gasteiger partial charge in [0.25, 0.3) is 0 Å². The molecule has 0 radical (unpaired) electrons. The lowest BCUT2D eigenvalue weighted by molar-refractivity contribution is -0.137. The fourth-order valence-corrected chi connectivity index (χ4v) is 9.29. The van der Waals surface area contributed by atoms with Crippen LogP contribution in [0.15, 0.2) is 24.3 Å². The van der Waals surface area contributed by atoms with E-state index in [2.05, 4.69) is 31.1 Å². The van der Waals surface area contributed by atoms with E-state index in [0.29, 0.717) is 17.7 Å². The summed E-state index contributed by atoms with van der Waals surface area (Å²) in [7, 11) is 0. The molecule has 1 aromatic heterocycles. The molecule has 4 saturated carbocycles. The first-order valence-electron chi connectivity index (χ1n) is 13.2. The molecule has 0 saturated heterocycles. The number of Topliss-reactive ketones (excluding diaryl/α,β-unsaturated/α-hetero) is 1. The van der Waals surface area contributed by atoms with Crippen molar-refractivity contribution in [3.05, 3.63) is 24.3 Å². The van der Waals surface area contributed by atoms with Crippen LogP contribution in [0, 0.1) is 46.3 Å². The minimum atomic E-state index is 0.180. The Kier molecular flexibility index (Phi) is 4.82. The Hall–Kier alpha value is -1.71. The van der Waals surface area contributed by atoms with Gasteiger partial charge >= 0.3 is 0 Å². The Bertz CT molecular complexity index is 1030. The zero-order valence-electron chi connectivity index (χ0n) is 20.1. The fraction of sp³-hybridized carbons (Fsp3) is 0.750. The van der Waals surface area contributed by atoms with Crippen molar-refractivity contribution in [2.24, 2.45) is 46.3 Å². The van der Waals surface area contributed by atoms with Gasteiger partial charge in [0.1, 0.15) is 12.1 Å². The van der Waals surface area contributed by atoms with Gasteiger partial charge in [0, 0.05) is 5.92 Å². The molecule has 0 unspecified atom stereocenters. The van der Waals surface area contributed by atoms with Gasteiger partial charge < -0.3 is 0 Å². The van der Waals surface area contributed by atoms with Crippen LogP contribution in [-0.2, 0) is 11.3 Å². The van der Waals surface area contributed by atoms with Crippen LogP contribution in [-0.4, -0.2) is 20.8 Å². The number of hydrogen-bond acceptors (Lipinski definition) is 3. The van der Waals surface area contributed by atoms with Gasteiger partial charge in [0.2, 0.25) is 0 Å². The number of nitrogens with zero attached hydrogens (tertiary/aromatic N) is 3. The van der Waals surface area contributed by atoms with Crippen molar-refractivity contribution < 1.29 is 4.79 Å². The summed E-state index contributed by atoms with van der Waals surface area (Å²) in [5.74, 6) is 4.90. The molecule has 1 heterocycles.